The van der Waals surface area contributed by atoms with E-state index in [-0.39, 0.29) is 18.2 Å². The summed E-state index contributed by atoms with van der Waals surface area (Å²) in [5.41, 5.74) is 2.45. The summed E-state index contributed by atoms with van der Waals surface area (Å²) >= 11 is 7.31. The number of para-hydroxylation sites is 1. The molecule has 6 heteroatoms. The molecule has 23 heavy (non-hydrogen) atoms. The van der Waals surface area contributed by atoms with E-state index in [1.165, 1.54) is 11.8 Å². The molecule has 0 radical (unpaired) electrons. The molecule has 1 aliphatic rings. The van der Waals surface area contributed by atoms with Crippen molar-refractivity contribution in [2.45, 2.75) is 23.5 Å². The molecule has 0 aromatic heterocycles. The quantitative estimate of drug-likeness (QED) is 0.880. The second-order valence-corrected chi connectivity index (χ2v) is 6.98. The van der Waals surface area contributed by atoms with Gasteiger partial charge in [-0.1, -0.05) is 29.8 Å². The zero-order chi connectivity index (χ0) is 16.4. The number of benzene rings is 2. The summed E-state index contributed by atoms with van der Waals surface area (Å²) in [4.78, 5) is 25.3. The summed E-state index contributed by atoms with van der Waals surface area (Å²) in [6.07, 6.45) is 0.118. The fourth-order valence-corrected chi connectivity index (χ4v) is 3.60. The van der Waals surface area contributed by atoms with Gasteiger partial charge < -0.3 is 10.6 Å². The number of carbonyl (C=O) groups excluding carboxylic acids is 2. The van der Waals surface area contributed by atoms with Crippen molar-refractivity contribution in [2.75, 3.05) is 10.6 Å². The first-order valence-electron chi connectivity index (χ1n) is 7.15. The average molecular weight is 347 g/mol. The van der Waals surface area contributed by atoms with Gasteiger partial charge in [-0.05, 0) is 36.8 Å². The van der Waals surface area contributed by atoms with Crippen LogP contribution >= 0.6 is 23.4 Å². The predicted octanol–water partition coefficient (Wildman–Crippen LogP) is 4.09. The maximum atomic E-state index is 12.2. The lowest BCUT2D eigenvalue weighted by Crippen LogP contribution is -2.32. The maximum Gasteiger partial charge on any atom is 0.238 e. The summed E-state index contributed by atoms with van der Waals surface area (Å²) in [5, 5.41) is 5.78. The van der Waals surface area contributed by atoms with Crippen molar-refractivity contribution < 1.29 is 9.59 Å². The highest BCUT2D eigenvalue weighted by atomic mass is 35.5. The SMILES string of the molecule is Cc1ccccc1NC(=O)C[C@H]1Sc2ccc(Cl)cc2NC1=O. The van der Waals surface area contributed by atoms with Gasteiger partial charge >= 0.3 is 0 Å². The first-order valence-corrected chi connectivity index (χ1v) is 8.41. The van der Waals surface area contributed by atoms with Crippen molar-refractivity contribution >= 4 is 46.6 Å². The highest BCUT2D eigenvalue weighted by Crippen LogP contribution is 2.38. The van der Waals surface area contributed by atoms with Crippen molar-refractivity contribution in [1.29, 1.82) is 0 Å². The Morgan fingerprint density at radius 3 is 2.87 bits per heavy atom. The molecular weight excluding hydrogens is 332 g/mol. The number of anilines is 2. The first kappa shape index (κ1) is 15.9. The fourth-order valence-electron chi connectivity index (χ4n) is 2.34. The van der Waals surface area contributed by atoms with E-state index in [9.17, 15) is 9.59 Å². The summed E-state index contributed by atoms with van der Waals surface area (Å²) in [6.45, 7) is 1.93. The summed E-state index contributed by atoms with van der Waals surface area (Å²) in [5.74, 6) is -0.353. The van der Waals surface area contributed by atoms with Crippen LogP contribution < -0.4 is 10.6 Å². The minimum Gasteiger partial charge on any atom is -0.326 e. The standard InChI is InChI=1S/C17H15ClN2O2S/c1-10-4-2-3-5-12(10)19-16(21)9-15-17(22)20-13-8-11(18)6-7-14(13)23-15/h2-8,15H,9H2,1H3,(H,19,21)(H,20,22)/t15-/m1/s1. The lowest BCUT2D eigenvalue weighted by molar-refractivity contribution is -0.120. The first-order chi connectivity index (χ1) is 11.0. The van der Waals surface area contributed by atoms with Gasteiger partial charge in [0.15, 0.2) is 0 Å². The number of amides is 2. The molecule has 0 bridgehead atoms. The van der Waals surface area contributed by atoms with Crippen LogP contribution in [0.15, 0.2) is 47.4 Å². The van der Waals surface area contributed by atoms with Gasteiger partial charge in [0.25, 0.3) is 0 Å². The van der Waals surface area contributed by atoms with Crippen LogP contribution in [-0.4, -0.2) is 17.1 Å². The average Bonchev–Trinajstić information content (AvgIpc) is 2.50. The van der Waals surface area contributed by atoms with Crippen molar-refractivity contribution in [3.05, 3.63) is 53.1 Å². The van der Waals surface area contributed by atoms with E-state index in [0.717, 1.165) is 16.1 Å². The number of aryl methyl sites for hydroxylation is 1. The van der Waals surface area contributed by atoms with Crippen molar-refractivity contribution in [1.82, 2.24) is 0 Å². The highest BCUT2D eigenvalue weighted by Gasteiger charge is 2.29. The number of rotatable bonds is 3. The van der Waals surface area contributed by atoms with Crippen LogP contribution in [0.1, 0.15) is 12.0 Å². The number of carbonyl (C=O) groups is 2. The number of thioether (sulfide) groups is 1. The van der Waals surface area contributed by atoms with Crippen molar-refractivity contribution in [3.63, 3.8) is 0 Å². The topological polar surface area (TPSA) is 58.2 Å². The van der Waals surface area contributed by atoms with E-state index in [2.05, 4.69) is 10.6 Å². The van der Waals surface area contributed by atoms with E-state index in [0.29, 0.717) is 10.7 Å². The Bertz CT molecular complexity index is 779. The molecule has 3 rings (SSSR count). The van der Waals surface area contributed by atoms with Gasteiger partial charge in [0.2, 0.25) is 11.8 Å². The molecule has 1 aliphatic heterocycles. The molecular formula is C17H15ClN2O2S. The van der Waals surface area contributed by atoms with E-state index < -0.39 is 5.25 Å². The van der Waals surface area contributed by atoms with Gasteiger partial charge in [-0.15, -0.1) is 11.8 Å². The Morgan fingerprint density at radius 2 is 2.09 bits per heavy atom. The van der Waals surface area contributed by atoms with Crippen LogP contribution in [0.3, 0.4) is 0 Å². The molecule has 2 amide bonds. The monoisotopic (exact) mass is 346 g/mol. The van der Waals surface area contributed by atoms with E-state index >= 15 is 0 Å². The third-order valence-corrected chi connectivity index (χ3v) is 5.06. The predicted molar refractivity (Wildman–Crippen MR) is 94.2 cm³/mol. The van der Waals surface area contributed by atoms with Crippen LogP contribution in [0.2, 0.25) is 5.02 Å². The lowest BCUT2D eigenvalue weighted by Gasteiger charge is -2.24. The summed E-state index contributed by atoms with van der Waals surface area (Å²) in [7, 11) is 0. The molecule has 118 valence electrons. The summed E-state index contributed by atoms with van der Waals surface area (Å²) < 4.78 is 0. The van der Waals surface area contributed by atoms with Gasteiger partial charge in [-0.2, -0.15) is 0 Å². The van der Waals surface area contributed by atoms with Gasteiger partial charge in [0.05, 0.1) is 10.9 Å². The van der Waals surface area contributed by atoms with Gasteiger partial charge in [0.1, 0.15) is 0 Å². The number of hydrogen-bond donors (Lipinski definition) is 2. The number of halogens is 1. The largest absolute Gasteiger partial charge is 0.326 e. The van der Waals surface area contributed by atoms with Crippen LogP contribution in [0.4, 0.5) is 11.4 Å². The molecule has 2 aromatic carbocycles. The molecule has 2 aromatic rings. The molecule has 1 heterocycles. The van der Waals surface area contributed by atoms with E-state index in [4.69, 9.17) is 11.6 Å². The number of nitrogens with one attached hydrogen (secondary N) is 2. The zero-order valence-corrected chi connectivity index (χ0v) is 14.0. The van der Waals surface area contributed by atoms with Crippen LogP contribution in [0.5, 0.6) is 0 Å². The van der Waals surface area contributed by atoms with Gasteiger partial charge in [-0.3, -0.25) is 9.59 Å². The minimum atomic E-state index is -0.451. The highest BCUT2D eigenvalue weighted by molar-refractivity contribution is 8.01. The van der Waals surface area contributed by atoms with Crippen LogP contribution in [-0.2, 0) is 9.59 Å². The molecule has 0 spiro atoms. The Kier molecular flexibility index (Phi) is 4.59. The molecule has 0 saturated heterocycles. The lowest BCUT2D eigenvalue weighted by atomic mass is 10.2. The van der Waals surface area contributed by atoms with E-state index in [1.54, 1.807) is 12.1 Å². The molecule has 4 nitrogen and oxygen atoms in total. The second kappa shape index (κ2) is 6.64. The van der Waals surface area contributed by atoms with Gasteiger partial charge in [0, 0.05) is 22.0 Å². The Balaban J connectivity index is 1.68. The minimum absolute atomic E-state index is 0.118. The summed E-state index contributed by atoms with van der Waals surface area (Å²) in [6, 6.07) is 12.9. The van der Waals surface area contributed by atoms with Gasteiger partial charge in [-0.25, -0.2) is 0 Å². The fraction of sp³-hybridized carbons (Fsp3) is 0.176. The molecule has 0 unspecified atom stereocenters. The Labute approximate surface area is 143 Å². The zero-order valence-electron chi connectivity index (χ0n) is 12.4. The van der Waals surface area contributed by atoms with Crippen LogP contribution in [0, 0.1) is 6.92 Å². The molecule has 0 saturated carbocycles. The Hall–Kier alpha value is -1.98. The molecule has 1 atom stereocenters. The third kappa shape index (κ3) is 3.68. The maximum absolute atomic E-state index is 12.2. The third-order valence-electron chi connectivity index (χ3n) is 3.55. The van der Waals surface area contributed by atoms with Crippen molar-refractivity contribution in [2.24, 2.45) is 0 Å². The molecule has 0 aliphatic carbocycles. The smallest absolute Gasteiger partial charge is 0.238 e. The number of hydrogen-bond acceptors (Lipinski definition) is 3. The van der Waals surface area contributed by atoms with Crippen LogP contribution in [0.25, 0.3) is 0 Å². The van der Waals surface area contributed by atoms with E-state index in [1.807, 2.05) is 37.3 Å². The second-order valence-electron chi connectivity index (χ2n) is 5.30. The molecule has 0 fully saturated rings. The Morgan fingerprint density at radius 1 is 1.30 bits per heavy atom. The number of fused-ring (bicyclic) bond motifs is 1. The normalized spacial score (nSPS) is 16.4. The molecule has 2 N–H and O–H groups in total. The van der Waals surface area contributed by atoms with Crippen molar-refractivity contribution in [3.8, 4) is 0 Å².